The van der Waals surface area contributed by atoms with Crippen molar-refractivity contribution < 1.29 is 17.9 Å². The number of carbonyl (C=O) groups excluding carboxylic acids is 1. The van der Waals surface area contributed by atoms with Gasteiger partial charge in [-0.2, -0.15) is 4.31 Å². The molecule has 0 N–H and O–H groups in total. The van der Waals surface area contributed by atoms with Gasteiger partial charge in [0.25, 0.3) is 15.9 Å². The van der Waals surface area contributed by atoms with Gasteiger partial charge in [0.1, 0.15) is 16.6 Å². The van der Waals surface area contributed by atoms with Gasteiger partial charge in [-0.15, -0.1) is 22.7 Å². The number of nitrogens with zero attached hydrogens (tertiary/aromatic N) is 2. The zero-order chi connectivity index (χ0) is 22.0. The first-order valence-corrected chi connectivity index (χ1v) is 13.2. The number of piperazine rings is 1. The van der Waals surface area contributed by atoms with E-state index in [-0.39, 0.29) is 5.91 Å². The van der Waals surface area contributed by atoms with E-state index in [4.69, 9.17) is 16.3 Å². The number of thiophene rings is 2. The minimum atomic E-state index is -3.48. The Hall–Kier alpha value is -1.91. The molecule has 10 heteroatoms. The second kappa shape index (κ2) is 9.30. The summed E-state index contributed by atoms with van der Waals surface area (Å²) in [6.45, 7) is 3.61. The van der Waals surface area contributed by atoms with Gasteiger partial charge in [0.05, 0.1) is 4.88 Å². The molecule has 1 amide bonds. The molecule has 0 atom stereocenters. The van der Waals surface area contributed by atoms with Crippen LogP contribution >= 0.6 is 34.3 Å². The third kappa shape index (κ3) is 4.96. The molecule has 6 nitrogen and oxygen atoms in total. The van der Waals surface area contributed by atoms with Crippen molar-refractivity contribution in [1.29, 1.82) is 0 Å². The van der Waals surface area contributed by atoms with Crippen molar-refractivity contribution in [2.45, 2.75) is 17.7 Å². The highest BCUT2D eigenvalue weighted by molar-refractivity contribution is 7.91. The number of carbonyl (C=O) groups is 1. The van der Waals surface area contributed by atoms with E-state index in [1.54, 1.807) is 28.5 Å². The maximum atomic E-state index is 12.9. The minimum Gasteiger partial charge on any atom is -0.489 e. The highest BCUT2D eigenvalue weighted by Gasteiger charge is 2.31. The summed E-state index contributed by atoms with van der Waals surface area (Å²) in [4.78, 5) is 15.2. The Kier molecular flexibility index (Phi) is 6.68. The van der Waals surface area contributed by atoms with Crippen LogP contribution in [-0.4, -0.2) is 49.7 Å². The lowest BCUT2D eigenvalue weighted by molar-refractivity contribution is 0.0703. The summed E-state index contributed by atoms with van der Waals surface area (Å²) in [5, 5.41) is 4.35. The van der Waals surface area contributed by atoms with E-state index in [1.165, 1.54) is 27.0 Å². The maximum absolute atomic E-state index is 12.9. The molecule has 1 aliphatic heterocycles. The van der Waals surface area contributed by atoms with E-state index in [0.717, 1.165) is 16.9 Å². The van der Waals surface area contributed by atoms with Crippen molar-refractivity contribution in [1.82, 2.24) is 9.21 Å². The Bertz CT molecular complexity index is 1170. The smallest absolute Gasteiger partial charge is 0.264 e. The topological polar surface area (TPSA) is 66.9 Å². The molecule has 0 unspecified atom stereocenters. The predicted octanol–water partition coefficient (Wildman–Crippen LogP) is 4.50. The highest BCUT2D eigenvalue weighted by atomic mass is 35.5. The summed E-state index contributed by atoms with van der Waals surface area (Å²) in [6.07, 6.45) is 0. The first kappa shape index (κ1) is 22.3. The average molecular weight is 497 g/mol. The zero-order valence-corrected chi connectivity index (χ0v) is 20.0. The molecule has 4 rings (SSSR count). The molecule has 0 saturated carbocycles. The molecule has 0 radical (unpaired) electrons. The number of amides is 1. The molecule has 3 aromatic rings. The Labute approximate surface area is 194 Å². The molecular formula is C21H21ClN2O4S3. The molecule has 31 heavy (non-hydrogen) atoms. The molecule has 1 aromatic carbocycles. The molecule has 2 aromatic heterocycles. The van der Waals surface area contributed by atoms with Gasteiger partial charge in [-0.3, -0.25) is 4.79 Å². The van der Waals surface area contributed by atoms with Gasteiger partial charge in [-0.25, -0.2) is 8.42 Å². The number of ether oxygens (including phenoxy) is 1. The Morgan fingerprint density at radius 3 is 2.58 bits per heavy atom. The third-order valence-corrected chi connectivity index (χ3v) is 9.68. The molecule has 0 bridgehead atoms. The number of rotatable bonds is 6. The molecule has 0 spiro atoms. The van der Waals surface area contributed by atoms with Crippen molar-refractivity contribution in [3.63, 3.8) is 0 Å². The average Bonchev–Trinajstić information content (AvgIpc) is 3.47. The number of sulfonamides is 1. The van der Waals surface area contributed by atoms with E-state index in [2.05, 4.69) is 0 Å². The third-order valence-electron chi connectivity index (χ3n) is 5.01. The van der Waals surface area contributed by atoms with Gasteiger partial charge in [-0.05, 0) is 53.6 Å². The van der Waals surface area contributed by atoms with Crippen molar-refractivity contribution in [3.05, 3.63) is 68.2 Å². The van der Waals surface area contributed by atoms with Crippen molar-refractivity contribution in [2.75, 3.05) is 26.2 Å². The van der Waals surface area contributed by atoms with E-state index in [9.17, 15) is 13.2 Å². The normalized spacial score (nSPS) is 15.2. The van der Waals surface area contributed by atoms with Crippen molar-refractivity contribution in [3.8, 4) is 5.75 Å². The molecular weight excluding hydrogens is 476 g/mol. The van der Waals surface area contributed by atoms with Gasteiger partial charge in [0, 0.05) is 36.8 Å². The fourth-order valence-electron chi connectivity index (χ4n) is 3.26. The minimum absolute atomic E-state index is 0.0771. The van der Waals surface area contributed by atoms with Crippen molar-refractivity contribution in [2.24, 2.45) is 0 Å². The number of halogens is 1. The van der Waals surface area contributed by atoms with Gasteiger partial charge in [0.15, 0.2) is 0 Å². The first-order valence-electron chi connectivity index (χ1n) is 9.64. The largest absolute Gasteiger partial charge is 0.489 e. The fraction of sp³-hybridized carbons (Fsp3) is 0.286. The molecule has 164 valence electrons. The van der Waals surface area contributed by atoms with Crippen LogP contribution in [0.3, 0.4) is 0 Å². The maximum Gasteiger partial charge on any atom is 0.264 e. The van der Waals surface area contributed by atoms with E-state index >= 15 is 0 Å². The second-order valence-corrected chi connectivity index (χ2v) is 11.6. The predicted molar refractivity (Wildman–Crippen MR) is 124 cm³/mol. The van der Waals surface area contributed by atoms with Gasteiger partial charge in [-0.1, -0.05) is 17.7 Å². The van der Waals surface area contributed by atoms with Gasteiger partial charge >= 0.3 is 0 Å². The quantitative estimate of drug-likeness (QED) is 0.504. The van der Waals surface area contributed by atoms with Crippen LogP contribution in [0.25, 0.3) is 0 Å². The Balaban J connectivity index is 1.33. The standard InChI is InChI=1S/C21H21ClN2O4S3/c1-15-11-17(4-5-18(15)22)28-13-16-12-19(30-14-16)21(25)23-6-8-24(9-7-23)31(26,27)20-3-2-10-29-20/h2-5,10-12,14H,6-9,13H2,1H3. The van der Waals surface area contributed by atoms with E-state index < -0.39 is 10.0 Å². The molecule has 1 fully saturated rings. The van der Waals surface area contributed by atoms with Crippen LogP contribution in [0, 0.1) is 6.92 Å². The number of benzene rings is 1. The van der Waals surface area contributed by atoms with Crippen LogP contribution in [0.4, 0.5) is 0 Å². The SMILES string of the molecule is Cc1cc(OCc2csc(C(=O)N3CCN(S(=O)(=O)c4cccs4)CC3)c2)ccc1Cl. The lowest BCUT2D eigenvalue weighted by Crippen LogP contribution is -2.50. The van der Waals surface area contributed by atoms with E-state index in [0.29, 0.717) is 46.9 Å². The van der Waals surface area contributed by atoms with Crippen LogP contribution < -0.4 is 4.74 Å². The lowest BCUT2D eigenvalue weighted by atomic mass is 10.2. The van der Waals surface area contributed by atoms with Gasteiger partial charge < -0.3 is 9.64 Å². The number of hydrogen-bond donors (Lipinski definition) is 0. The van der Waals surface area contributed by atoms with Crippen LogP contribution in [0.15, 0.2) is 51.4 Å². The van der Waals surface area contributed by atoms with Crippen LogP contribution in [0.2, 0.25) is 5.02 Å². The highest BCUT2D eigenvalue weighted by Crippen LogP contribution is 2.25. The Morgan fingerprint density at radius 1 is 1.13 bits per heavy atom. The van der Waals surface area contributed by atoms with Crippen molar-refractivity contribution >= 4 is 50.2 Å². The van der Waals surface area contributed by atoms with Crippen LogP contribution in [0.1, 0.15) is 20.8 Å². The Morgan fingerprint density at radius 2 is 1.90 bits per heavy atom. The molecule has 1 saturated heterocycles. The number of hydrogen-bond acceptors (Lipinski definition) is 6. The van der Waals surface area contributed by atoms with E-state index in [1.807, 2.05) is 30.5 Å². The summed E-state index contributed by atoms with van der Waals surface area (Å²) >= 11 is 8.62. The summed E-state index contributed by atoms with van der Waals surface area (Å²) in [5.41, 5.74) is 1.86. The zero-order valence-electron chi connectivity index (χ0n) is 16.8. The summed E-state index contributed by atoms with van der Waals surface area (Å²) in [7, 11) is -3.48. The molecule has 0 aliphatic carbocycles. The summed E-state index contributed by atoms with van der Waals surface area (Å²) < 4.78 is 32.9. The monoisotopic (exact) mass is 496 g/mol. The lowest BCUT2D eigenvalue weighted by Gasteiger charge is -2.33. The summed E-state index contributed by atoms with van der Waals surface area (Å²) in [6, 6.07) is 10.7. The fourth-order valence-corrected chi connectivity index (χ4v) is 6.81. The first-order chi connectivity index (χ1) is 14.8. The van der Waals surface area contributed by atoms with Crippen LogP contribution in [0.5, 0.6) is 5.75 Å². The van der Waals surface area contributed by atoms with Crippen LogP contribution in [-0.2, 0) is 16.6 Å². The molecule has 1 aliphatic rings. The summed E-state index contributed by atoms with van der Waals surface area (Å²) in [5.74, 6) is 0.649. The van der Waals surface area contributed by atoms with Gasteiger partial charge in [0.2, 0.25) is 0 Å². The molecule has 3 heterocycles. The number of aryl methyl sites for hydroxylation is 1. The second-order valence-electron chi connectivity index (χ2n) is 7.15.